The van der Waals surface area contributed by atoms with Crippen LogP contribution in [0.1, 0.15) is 26.2 Å². The van der Waals surface area contributed by atoms with E-state index in [0.29, 0.717) is 32.5 Å². The van der Waals surface area contributed by atoms with Crippen molar-refractivity contribution in [2.45, 2.75) is 26.2 Å². The molecule has 0 saturated heterocycles. The van der Waals surface area contributed by atoms with Gasteiger partial charge in [-0.3, -0.25) is 9.59 Å². The van der Waals surface area contributed by atoms with Gasteiger partial charge in [-0.1, -0.05) is 0 Å². The maximum absolute atomic E-state index is 10.8. The molecule has 0 radical (unpaired) electrons. The second kappa shape index (κ2) is 11.3. The van der Waals surface area contributed by atoms with Crippen molar-refractivity contribution in [2.75, 3.05) is 19.7 Å². The van der Waals surface area contributed by atoms with E-state index in [4.69, 9.17) is 9.84 Å². The van der Waals surface area contributed by atoms with E-state index < -0.39 is 5.97 Å². The van der Waals surface area contributed by atoms with Crippen molar-refractivity contribution in [2.24, 2.45) is 0 Å². The van der Waals surface area contributed by atoms with E-state index in [0.717, 1.165) is 0 Å². The number of nitrogens with one attached hydrogen (secondary N) is 1. The minimum absolute atomic E-state index is 0. The fourth-order valence-corrected chi connectivity index (χ4v) is 0.913. The molecule has 0 spiro atoms. The summed E-state index contributed by atoms with van der Waals surface area (Å²) in [6, 6.07) is 0. The van der Waals surface area contributed by atoms with Gasteiger partial charge in [0.25, 0.3) is 0 Å². The lowest BCUT2D eigenvalue weighted by atomic mass is 10.3. The second-order valence-corrected chi connectivity index (χ2v) is 2.80. The van der Waals surface area contributed by atoms with Gasteiger partial charge in [-0.25, -0.2) is 0 Å². The summed E-state index contributed by atoms with van der Waals surface area (Å²) in [6.07, 6.45) is 1.07. The van der Waals surface area contributed by atoms with Crippen molar-refractivity contribution in [1.82, 2.24) is 5.32 Å². The Labute approximate surface area is 95.6 Å². The molecule has 0 unspecified atom stereocenters. The van der Waals surface area contributed by atoms with Gasteiger partial charge in [-0.05, 0) is 19.9 Å². The van der Waals surface area contributed by atoms with Gasteiger partial charge < -0.3 is 15.2 Å². The zero-order valence-electron chi connectivity index (χ0n) is 8.82. The Morgan fingerprint density at radius 1 is 1.27 bits per heavy atom. The average Bonchev–Trinajstić information content (AvgIpc) is 2.11. The molecule has 2 N–H and O–H groups in total. The van der Waals surface area contributed by atoms with E-state index in [2.05, 4.69) is 5.32 Å². The van der Waals surface area contributed by atoms with Crippen LogP contribution in [-0.2, 0) is 14.3 Å². The highest BCUT2D eigenvalue weighted by atomic mass is 35.5. The molecule has 5 nitrogen and oxygen atoms in total. The SMILES string of the molecule is CCOC(=O)CCNCCCC(=O)O.Cl. The fraction of sp³-hybridized carbons (Fsp3) is 0.778. The summed E-state index contributed by atoms with van der Waals surface area (Å²) in [6.45, 7) is 3.32. The third kappa shape index (κ3) is 13.2. The van der Waals surface area contributed by atoms with Gasteiger partial charge in [-0.15, -0.1) is 12.4 Å². The lowest BCUT2D eigenvalue weighted by Crippen LogP contribution is -2.21. The van der Waals surface area contributed by atoms with Gasteiger partial charge >= 0.3 is 11.9 Å². The summed E-state index contributed by atoms with van der Waals surface area (Å²) in [7, 11) is 0. The van der Waals surface area contributed by atoms with Crippen LogP contribution in [0.15, 0.2) is 0 Å². The molecule has 0 aromatic rings. The number of carbonyl (C=O) groups excluding carboxylic acids is 1. The number of aliphatic carboxylic acids is 1. The lowest BCUT2D eigenvalue weighted by molar-refractivity contribution is -0.143. The van der Waals surface area contributed by atoms with Crippen LogP contribution in [0.4, 0.5) is 0 Å². The number of carboxylic acids is 1. The predicted octanol–water partition coefficient (Wildman–Crippen LogP) is 0.816. The molecular formula is C9H18ClNO4. The molecule has 0 bridgehead atoms. The molecule has 0 fully saturated rings. The Bertz CT molecular complexity index is 187. The molecule has 0 rings (SSSR count). The third-order valence-corrected chi connectivity index (χ3v) is 1.56. The fourth-order valence-electron chi connectivity index (χ4n) is 0.913. The first-order valence-electron chi connectivity index (χ1n) is 4.75. The molecule has 0 atom stereocenters. The topological polar surface area (TPSA) is 75.6 Å². The highest BCUT2D eigenvalue weighted by Crippen LogP contribution is 1.87. The minimum Gasteiger partial charge on any atom is -0.481 e. The summed E-state index contributed by atoms with van der Waals surface area (Å²) in [5, 5.41) is 11.3. The van der Waals surface area contributed by atoms with Crippen molar-refractivity contribution in [3.8, 4) is 0 Å². The Balaban J connectivity index is 0. The molecule has 0 heterocycles. The number of halogens is 1. The Morgan fingerprint density at radius 2 is 1.93 bits per heavy atom. The van der Waals surface area contributed by atoms with Gasteiger partial charge in [0.05, 0.1) is 13.0 Å². The van der Waals surface area contributed by atoms with E-state index in [1.54, 1.807) is 6.92 Å². The second-order valence-electron chi connectivity index (χ2n) is 2.80. The maximum Gasteiger partial charge on any atom is 0.307 e. The van der Waals surface area contributed by atoms with Crippen LogP contribution in [-0.4, -0.2) is 36.7 Å². The van der Waals surface area contributed by atoms with Crippen molar-refractivity contribution < 1.29 is 19.4 Å². The maximum atomic E-state index is 10.8. The Hall–Kier alpha value is -0.810. The van der Waals surface area contributed by atoms with Gasteiger partial charge in [0, 0.05) is 13.0 Å². The minimum atomic E-state index is -0.794. The van der Waals surface area contributed by atoms with Gasteiger partial charge in [0.2, 0.25) is 0 Å². The molecule has 0 saturated carbocycles. The van der Waals surface area contributed by atoms with E-state index in [-0.39, 0.29) is 24.8 Å². The molecule has 0 aliphatic rings. The average molecular weight is 240 g/mol. The van der Waals surface area contributed by atoms with Crippen LogP contribution < -0.4 is 5.32 Å². The van der Waals surface area contributed by atoms with Crippen LogP contribution in [0, 0.1) is 0 Å². The molecule has 6 heteroatoms. The van der Waals surface area contributed by atoms with Crippen molar-refractivity contribution in [3.05, 3.63) is 0 Å². The Kier molecular flexibility index (Phi) is 12.5. The van der Waals surface area contributed by atoms with E-state index >= 15 is 0 Å². The predicted molar refractivity (Wildman–Crippen MR) is 58.2 cm³/mol. The first-order chi connectivity index (χ1) is 6.66. The van der Waals surface area contributed by atoms with E-state index in [1.807, 2.05) is 0 Å². The van der Waals surface area contributed by atoms with Crippen LogP contribution in [0.25, 0.3) is 0 Å². The third-order valence-electron chi connectivity index (χ3n) is 1.56. The first kappa shape index (κ1) is 16.6. The van der Waals surface area contributed by atoms with Crippen molar-refractivity contribution in [3.63, 3.8) is 0 Å². The highest BCUT2D eigenvalue weighted by Gasteiger charge is 2.00. The number of carbonyl (C=O) groups is 2. The number of carboxylic acid groups (broad SMARTS) is 1. The van der Waals surface area contributed by atoms with Crippen molar-refractivity contribution in [1.29, 1.82) is 0 Å². The molecule has 0 aromatic carbocycles. The van der Waals surface area contributed by atoms with E-state index in [9.17, 15) is 9.59 Å². The van der Waals surface area contributed by atoms with Crippen LogP contribution in [0.2, 0.25) is 0 Å². The van der Waals surface area contributed by atoms with Crippen LogP contribution >= 0.6 is 12.4 Å². The number of rotatable bonds is 8. The molecule has 0 aliphatic carbocycles. The normalized spacial score (nSPS) is 9.13. The smallest absolute Gasteiger partial charge is 0.307 e. The lowest BCUT2D eigenvalue weighted by Gasteiger charge is -2.03. The summed E-state index contributed by atoms with van der Waals surface area (Å²) in [5.74, 6) is -1.02. The summed E-state index contributed by atoms with van der Waals surface area (Å²) in [4.78, 5) is 21.0. The Morgan fingerprint density at radius 3 is 2.47 bits per heavy atom. The number of hydrogen-bond donors (Lipinski definition) is 2. The quantitative estimate of drug-likeness (QED) is 0.484. The van der Waals surface area contributed by atoms with Crippen LogP contribution in [0.5, 0.6) is 0 Å². The molecule has 0 aliphatic heterocycles. The van der Waals surface area contributed by atoms with Crippen molar-refractivity contribution >= 4 is 24.3 Å². The monoisotopic (exact) mass is 239 g/mol. The molecule has 0 aromatic heterocycles. The molecule has 90 valence electrons. The molecular weight excluding hydrogens is 222 g/mol. The highest BCUT2D eigenvalue weighted by molar-refractivity contribution is 5.85. The zero-order chi connectivity index (χ0) is 10.8. The standard InChI is InChI=1S/C9H17NO4.ClH/c1-2-14-9(13)5-7-10-6-3-4-8(11)12;/h10H,2-7H2,1H3,(H,11,12);1H. The van der Waals surface area contributed by atoms with Gasteiger partial charge in [0.15, 0.2) is 0 Å². The summed E-state index contributed by atoms with van der Waals surface area (Å²) in [5.41, 5.74) is 0. The first-order valence-corrected chi connectivity index (χ1v) is 4.75. The number of hydrogen-bond acceptors (Lipinski definition) is 4. The summed E-state index contributed by atoms with van der Waals surface area (Å²) < 4.78 is 4.71. The van der Waals surface area contributed by atoms with Crippen LogP contribution in [0.3, 0.4) is 0 Å². The van der Waals surface area contributed by atoms with E-state index in [1.165, 1.54) is 0 Å². The summed E-state index contributed by atoms with van der Waals surface area (Å²) >= 11 is 0. The number of ether oxygens (including phenoxy) is 1. The van der Waals surface area contributed by atoms with Gasteiger partial charge in [-0.2, -0.15) is 0 Å². The number of esters is 1. The molecule has 15 heavy (non-hydrogen) atoms. The molecule has 0 amide bonds. The zero-order valence-corrected chi connectivity index (χ0v) is 9.64. The van der Waals surface area contributed by atoms with Gasteiger partial charge in [0.1, 0.15) is 0 Å². The largest absolute Gasteiger partial charge is 0.481 e.